The molecule has 3 rings (SSSR count). The first-order valence-corrected chi connectivity index (χ1v) is 7.75. The van der Waals surface area contributed by atoms with Gasteiger partial charge in [-0.1, -0.05) is 19.1 Å². The van der Waals surface area contributed by atoms with Crippen molar-refractivity contribution in [2.45, 2.75) is 13.3 Å². The Balaban J connectivity index is 1.83. The maximum absolute atomic E-state index is 5.21. The van der Waals surface area contributed by atoms with Gasteiger partial charge in [0, 0.05) is 11.9 Å². The zero-order valence-electron chi connectivity index (χ0n) is 13.4. The number of benzene rings is 2. The molecule has 23 heavy (non-hydrogen) atoms. The Kier molecular flexibility index (Phi) is 4.57. The van der Waals surface area contributed by atoms with Crippen LogP contribution in [0.2, 0.25) is 0 Å². The smallest absolute Gasteiger partial charge is 0.119 e. The SMILES string of the molecule is CCc1ccc(N=Cc2cccn2-c2ccc(OC)cc2)cc1. The van der Waals surface area contributed by atoms with Crippen LogP contribution in [0.3, 0.4) is 0 Å². The summed E-state index contributed by atoms with van der Waals surface area (Å²) < 4.78 is 7.31. The molecule has 2 aromatic carbocycles. The molecule has 3 aromatic rings. The minimum Gasteiger partial charge on any atom is -0.497 e. The Hall–Kier alpha value is -2.81. The normalized spacial score (nSPS) is 11.0. The van der Waals surface area contributed by atoms with E-state index in [0.29, 0.717) is 0 Å². The quantitative estimate of drug-likeness (QED) is 0.622. The molecule has 0 spiro atoms. The van der Waals surface area contributed by atoms with Crippen molar-refractivity contribution in [3.8, 4) is 11.4 Å². The molecule has 0 bridgehead atoms. The van der Waals surface area contributed by atoms with E-state index in [1.165, 1.54) is 5.56 Å². The van der Waals surface area contributed by atoms with Crippen molar-refractivity contribution in [3.05, 3.63) is 78.1 Å². The Labute approximate surface area is 136 Å². The molecule has 0 radical (unpaired) electrons. The first kappa shape index (κ1) is 15.1. The summed E-state index contributed by atoms with van der Waals surface area (Å²) in [4.78, 5) is 4.57. The van der Waals surface area contributed by atoms with Gasteiger partial charge in [0.25, 0.3) is 0 Å². The number of aromatic nitrogens is 1. The van der Waals surface area contributed by atoms with E-state index >= 15 is 0 Å². The molecular weight excluding hydrogens is 284 g/mol. The van der Waals surface area contributed by atoms with Gasteiger partial charge in [-0.15, -0.1) is 0 Å². The predicted molar refractivity (Wildman–Crippen MR) is 95.4 cm³/mol. The second kappa shape index (κ2) is 6.97. The lowest BCUT2D eigenvalue weighted by Crippen LogP contribution is -1.97. The molecule has 0 saturated heterocycles. The topological polar surface area (TPSA) is 26.5 Å². The van der Waals surface area contributed by atoms with Crippen molar-refractivity contribution in [2.24, 2.45) is 4.99 Å². The first-order chi connectivity index (χ1) is 11.3. The van der Waals surface area contributed by atoms with Gasteiger partial charge in [-0.2, -0.15) is 0 Å². The van der Waals surface area contributed by atoms with Crippen molar-refractivity contribution in [3.63, 3.8) is 0 Å². The van der Waals surface area contributed by atoms with Crippen LogP contribution in [0.25, 0.3) is 5.69 Å². The van der Waals surface area contributed by atoms with Crippen LogP contribution in [-0.4, -0.2) is 17.9 Å². The van der Waals surface area contributed by atoms with Gasteiger partial charge in [-0.05, 0) is 60.5 Å². The highest BCUT2D eigenvalue weighted by atomic mass is 16.5. The molecule has 0 fully saturated rings. The molecule has 1 aromatic heterocycles. The van der Waals surface area contributed by atoms with Gasteiger partial charge in [0.05, 0.1) is 24.7 Å². The van der Waals surface area contributed by atoms with Gasteiger partial charge in [-0.25, -0.2) is 0 Å². The van der Waals surface area contributed by atoms with Crippen molar-refractivity contribution in [1.29, 1.82) is 0 Å². The van der Waals surface area contributed by atoms with Gasteiger partial charge < -0.3 is 9.30 Å². The third-order valence-corrected chi connectivity index (χ3v) is 3.82. The fraction of sp³-hybridized carbons (Fsp3) is 0.150. The van der Waals surface area contributed by atoms with E-state index in [4.69, 9.17) is 4.74 Å². The van der Waals surface area contributed by atoms with Gasteiger partial charge in [0.1, 0.15) is 5.75 Å². The summed E-state index contributed by atoms with van der Waals surface area (Å²) in [6, 6.07) is 20.4. The van der Waals surface area contributed by atoms with E-state index in [-0.39, 0.29) is 0 Å². The Morgan fingerprint density at radius 3 is 2.39 bits per heavy atom. The predicted octanol–water partition coefficient (Wildman–Crippen LogP) is 4.80. The van der Waals surface area contributed by atoms with Crippen LogP contribution >= 0.6 is 0 Å². The molecule has 0 saturated carbocycles. The zero-order chi connectivity index (χ0) is 16.1. The van der Waals surface area contributed by atoms with Crippen LogP contribution < -0.4 is 4.74 Å². The van der Waals surface area contributed by atoms with Gasteiger partial charge >= 0.3 is 0 Å². The molecule has 3 nitrogen and oxygen atoms in total. The second-order valence-corrected chi connectivity index (χ2v) is 5.28. The number of nitrogens with zero attached hydrogens (tertiary/aromatic N) is 2. The Bertz CT molecular complexity index is 783. The van der Waals surface area contributed by atoms with Crippen molar-refractivity contribution < 1.29 is 4.74 Å². The van der Waals surface area contributed by atoms with Gasteiger partial charge in [-0.3, -0.25) is 4.99 Å². The summed E-state index contributed by atoms with van der Waals surface area (Å²) in [6.07, 6.45) is 4.97. The maximum Gasteiger partial charge on any atom is 0.119 e. The number of aryl methyl sites for hydroxylation is 1. The fourth-order valence-electron chi connectivity index (χ4n) is 2.44. The van der Waals surface area contributed by atoms with E-state index < -0.39 is 0 Å². The average molecular weight is 304 g/mol. The van der Waals surface area contributed by atoms with Gasteiger partial charge in [0.15, 0.2) is 0 Å². The monoisotopic (exact) mass is 304 g/mol. The molecule has 0 amide bonds. The molecule has 0 unspecified atom stereocenters. The van der Waals surface area contributed by atoms with Crippen molar-refractivity contribution >= 4 is 11.9 Å². The van der Waals surface area contributed by atoms with E-state index in [9.17, 15) is 0 Å². The largest absolute Gasteiger partial charge is 0.497 e. The van der Waals surface area contributed by atoms with Crippen LogP contribution in [-0.2, 0) is 6.42 Å². The number of aliphatic imine (C=N–C) groups is 1. The summed E-state index contributed by atoms with van der Waals surface area (Å²) in [5, 5.41) is 0. The Morgan fingerprint density at radius 1 is 1.00 bits per heavy atom. The molecule has 0 aliphatic heterocycles. The second-order valence-electron chi connectivity index (χ2n) is 5.28. The van der Waals surface area contributed by atoms with Crippen LogP contribution in [0.5, 0.6) is 5.75 Å². The lowest BCUT2D eigenvalue weighted by molar-refractivity contribution is 0.415. The number of rotatable bonds is 5. The zero-order valence-corrected chi connectivity index (χ0v) is 13.4. The lowest BCUT2D eigenvalue weighted by atomic mass is 10.1. The van der Waals surface area contributed by atoms with Crippen LogP contribution in [0.4, 0.5) is 5.69 Å². The molecule has 0 aliphatic carbocycles. The number of hydrogen-bond donors (Lipinski definition) is 0. The van der Waals surface area contributed by atoms with E-state index in [2.05, 4.69) is 40.7 Å². The number of ether oxygens (including phenoxy) is 1. The maximum atomic E-state index is 5.21. The summed E-state index contributed by atoms with van der Waals surface area (Å²) in [7, 11) is 1.67. The van der Waals surface area contributed by atoms with Crippen LogP contribution in [0.15, 0.2) is 71.9 Å². The molecule has 0 N–H and O–H groups in total. The standard InChI is InChI=1S/C20H20N2O/c1-3-16-6-8-17(9-7-16)21-15-19-5-4-14-22(19)18-10-12-20(23-2)13-11-18/h4-15H,3H2,1-2H3. The highest BCUT2D eigenvalue weighted by Crippen LogP contribution is 2.18. The lowest BCUT2D eigenvalue weighted by Gasteiger charge is -2.07. The van der Waals surface area contributed by atoms with E-state index in [0.717, 1.165) is 29.2 Å². The third kappa shape index (κ3) is 3.51. The minimum absolute atomic E-state index is 0.854. The molecule has 116 valence electrons. The summed E-state index contributed by atoms with van der Waals surface area (Å²) in [5.41, 5.74) is 4.41. The molecule has 3 heteroatoms. The fourth-order valence-corrected chi connectivity index (χ4v) is 2.44. The average Bonchev–Trinajstić information content (AvgIpc) is 3.09. The highest BCUT2D eigenvalue weighted by Gasteiger charge is 2.01. The third-order valence-electron chi connectivity index (χ3n) is 3.82. The summed E-state index contributed by atoms with van der Waals surface area (Å²) in [5.74, 6) is 0.854. The highest BCUT2D eigenvalue weighted by molar-refractivity contribution is 5.81. The van der Waals surface area contributed by atoms with Crippen molar-refractivity contribution in [2.75, 3.05) is 7.11 Å². The minimum atomic E-state index is 0.854. The van der Waals surface area contributed by atoms with E-state index in [1.54, 1.807) is 7.11 Å². The molecule has 0 aliphatic rings. The molecular formula is C20H20N2O. The molecule has 1 heterocycles. The first-order valence-electron chi connectivity index (χ1n) is 7.75. The van der Waals surface area contributed by atoms with Crippen LogP contribution in [0.1, 0.15) is 18.2 Å². The summed E-state index contributed by atoms with van der Waals surface area (Å²) >= 11 is 0. The van der Waals surface area contributed by atoms with Gasteiger partial charge in [0.2, 0.25) is 0 Å². The van der Waals surface area contributed by atoms with Crippen LogP contribution in [0, 0.1) is 0 Å². The Morgan fingerprint density at radius 2 is 1.74 bits per heavy atom. The number of hydrogen-bond acceptors (Lipinski definition) is 2. The number of methoxy groups -OCH3 is 1. The van der Waals surface area contributed by atoms with E-state index in [1.807, 2.05) is 48.8 Å². The van der Waals surface area contributed by atoms with Crippen molar-refractivity contribution in [1.82, 2.24) is 4.57 Å². The summed E-state index contributed by atoms with van der Waals surface area (Å²) in [6.45, 7) is 2.15. The molecule has 0 atom stereocenters.